The van der Waals surface area contributed by atoms with Gasteiger partial charge in [-0.2, -0.15) is 0 Å². The van der Waals surface area contributed by atoms with Crippen LogP contribution < -0.4 is 10.6 Å². The van der Waals surface area contributed by atoms with Gasteiger partial charge in [-0.15, -0.1) is 0 Å². The van der Waals surface area contributed by atoms with E-state index in [4.69, 9.17) is 17.0 Å². The lowest BCUT2D eigenvalue weighted by atomic mass is 10.0. The predicted molar refractivity (Wildman–Crippen MR) is 103 cm³/mol. The fraction of sp³-hybridized carbons (Fsp3) is 0.167. The van der Waals surface area contributed by atoms with Gasteiger partial charge in [-0.1, -0.05) is 46.3 Å². The lowest BCUT2D eigenvalue weighted by Gasteiger charge is -2.20. The Kier molecular flexibility index (Phi) is 7.09. The van der Waals surface area contributed by atoms with Crippen molar-refractivity contribution in [3.05, 3.63) is 70.2 Å². The summed E-state index contributed by atoms with van der Waals surface area (Å²) in [7, 11) is 1.33. The Morgan fingerprint density at radius 1 is 1.12 bits per heavy atom. The van der Waals surface area contributed by atoms with Crippen LogP contribution in [-0.4, -0.2) is 24.1 Å². The molecular formula is C18H17BrN2O3S. The molecule has 2 aromatic rings. The average Bonchev–Trinajstić information content (AvgIpc) is 2.62. The zero-order valence-electron chi connectivity index (χ0n) is 13.5. The SMILES string of the molecule is COC(=O)C[C@@H](NC(=S)NC(=O)c1ccccc1)c1ccc(Br)cc1. The normalized spacial score (nSPS) is 11.3. The summed E-state index contributed by atoms with van der Waals surface area (Å²) in [4.78, 5) is 23.8. The van der Waals surface area contributed by atoms with Crippen LogP contribution in [0.2, 0.25) is 0 Å². The van der Waals surface area contributed by atoms with Crippen LogP contribution >= 0.6 is 28.1 Å². The van der Waals surface area contributed by atoms with E-state index in [-0.39, 0.29) is 23.4 Å². The number of hydrogen-bond acceptors (Lipinski definition) is 4. The van der Waals surface area contributed by atoms with Crippen molar-refractivity contribution in [1.82, 2.24) is 10.6 Å². The summed E-state index contributed by atoms with van der Waals surface area (Å²) in [6.45, 7) is 0. The predicted octanol–water partition coefficient (Wildman–Crippen LogP) is 3.36. The van der Waals surface area contributed by atoms with Gasteiger partial charge < -0.3 is 10.1 Å². The van der Waals surface area contributed by atoms with Gasteiger partial charge in [0, 0.05) is 10.0 Å². The highest BCUT2D eigenvalue weighted by Crippen LogP contribution is 2.20. The first kappa shape index (κ1) is 19.1. The first-order chi connectivity index (χ1) is 12.0. The van der Waals surface area contributed by atoms with Crippen LogP contribution in [0.15, 0.2) is 59.1 Å². The average molecular weight is 421 g/mol. The lowest BCUT2D eigenvalue weighted by molar-refractivity contribution is -0.141. The topological polar surface area (TPSA) is 67.4 Å². The van der Waals surface area contributed by atoms with E-state index < -0.39 is 6.04 Å². The number of nitrogens with one attached hydrogen (secondary N) is 2. The minimum absolute atomic E-state index is 0.0828. The molecule has 7 heteroatoms. The van der Waals surface area contributed by atoms with Gasteiger partial charge in [-0.05, 0) is 42.0 Å². The Morgan fingerprint density at radius 2 is 1.76 bits per heavy atom. The number of thiocarbonyl (C=S) groups is 1. The molecule has 5 nitrogen and oxygen atoms in total. The molecule has 0 radical (unpaired) electrons. The summed E-state index contributed by atoms with van der Waals surface area (Å²) in [5, 5.41) is 5.77. The highest BCUT2D eigenvalue weighted by Gasteiger charge is 2.18. The largest absolute Gasteiger partial charge is 0.469 e. The van der Waals surface area contributed by atoms with Gasteiger partial charge in [0.25, 0.3) is 5.91 Å². The third-order valence-electron chi connectivity index (χ3n) is 3.44. The molecule has 1 atom stereocenters. The number of hydrogen-bond donors (Lipinski definition) is 2. The van der Waals surface area contributed by atoms with E-state index in [1.54, 1.807) is 24.3 Å². The minimum Gasteiger partial charge on any atom is -0.469 e. The third-order valence-corrected chi connectivity index (χ3v) is 4.19. The van der Waals surface area contributed by atoms with E-state index in [9.17, 15) is 9.59 Å². The molecule has 0 bridgehead atoms. The molecule has 2 aromatic carbocycles. The number of carbonyl (C=O) groups excluding carboxylic acids is 2. The molecule has 2 N–H and O–H groups in total. The van der Waals surface area contributed by atoms with Crippen LogP contribution in [0.5, 0.6) is 0 Å². The van der Waals surface area contributed by atoms with E-state index in [0.717, 1.165) is 10.0 Å². The number of amides is 1. The summed E-state index contributed by atoms with van der Waals surface area (Å²) in [6, 6.07) is 15.8. The smallest absolute Gasteiger partial charge is 0.307 e. The number of halogens is 1. The molecular weight excluding hydrogens is 404 g/mol. The van der Waals surface area contributed by atoms with E-state index in [1.165, 1.54) is 7.11 Å². The molecule has 0 aliphatic heterocycles. The second-order valence-electron chi connectivity index (χ2n) is 5.18. The van der Waals surface area contributed by atoms with Gasteiger partial charge >= 0.3 is 5.97 Å². The number of rotatable bonds is 5. The fourth-order valence-corrected chi connectivity index (χ4v) is 2.66. The molecule has 0 unspecified atom stereocenters. The molecule has 2 rings (SSSR count). The fourth-order valence-electron chi connectivity index (χ4n) is 2.16. The van der Waals surface area contributed by atoms with Gasteiger partial charge in [0.15, 0.2) is 5.11 Å². The Labute approximate surface area is 159 Å². The Balaban J connectivity index is 2.07. The van der Waals surface area contributed by atoms with Gasteiger partial charge in [-0.3, -0.25) is 14.9 Å². The van der Waals surface area contributed by atoms with Crippen molar-refractivity contribution in [2.24, 2.45) is 0 Å². The molecule has 1 amide bonds. The first-order valence-electron chi connectivity index (χ1n) is 7.48. The standard InChI is InChI=1S/C18H17BrN2O3S/c1-24-16(22)11-15(12-7-9-14(19)10-8-12)20-18(25)21-17(23)13-5-3-2-4-6-13/h2-10,15H,11H2,1H3,(H2,20,21,23,25)/t15-/m1/s1. The molecule has 0 saturated carbocycles. The van der Waals surface area contributed by atoms with Crippen molar-refractivity contribution in [2.75, 3.05) is 7.11 Å². The summed E-state index contributed by atoms with van der Waals surface area (Å²) in [6.07, 6.45) is 0.0828. The Morgan fingerprint density at radius 3 is 2.36 bits per heavy atom. The van der Waals surface area contributed by atoms with Crippen molar-refractivity contribution in [3.8, 4) is 0 Å². The Bertz CT molecular complexity index is 751. The van der Waals surface area contributed by atoms with Crippen LogP contribution in [0.1, 0.15) is 28.4 Å². The van der Waals surface area contributed by atoms with E-state index >= 15 is 0 Å². The van der Waals surface area contributed by atoms with Crippen LogP contribution in [0.4, 0.5) is 0 Å². The zero-order valence-corrected chi connectivity index (χ0v) is 15.9. The van der Waals surface area contributed by atoms with E-state index in [0.29, 0.717) is 5.56 Å². The summed E-state index contributed by atoms with van der Waals surface area (Å²) in [5.74, 6) is -0.691. The third kappa shape index (κ3) is 5.95. The zero-order chi connectivity index (χ0) is 18.2. The number of benzene rings is 2. The van der Waals surface area contributed by atoms with Crippen LogP contribution in [0.25, 0.3) is 0 Å². The van der Waals surface area contributed by atoms with Crippen LogP contribution in [0.3, 0.4) is 0 Å². The van der Waals surface area contributed by atoms with Crippen molar-refractivity contribution >= 4 is 45.1 Å². The second-order valence-corrected chi connectivity index (χ2v) is 6.50. The summed E-state index contributed by atoms with van der Waals surface area (Å²) in [5.41, 5.74) is 1.35. The highest BCUT2D eigenvalue weighted by molar-refractivity contribution is 9.10. The van der Waals surface area contributed by atoms with Crippen molar-refractivity contribution < 1.29 is 14.3 Å². The van der Waals surface area contributed by atoms with E-state index in [1.807, 2.05) is 30.3 Å². The Hall–Kier alpha value is -2.25. The van der Waals surface area contributed by atoms with Gasteiger partial charge in [0.2, 0.25) is 0 Å². The molecule has 0 aliphatic carbocycles. The quantitative estimate of drug-likeness (QED) is 0.573. The minimum atomic E-state index is -0.413. The molecule has 0 fully saturated rings. The van der Waals surface area contributed by atoms with Crippen LogP contribution in [-0.2, 0) is 9.53 Å². The maximum atomic E-state index is 12.2. The molecule has 0 aliphatic rings. The molecule has 0 aromatic heterocycles. The number of esters is 1. The molecule has 0 saturated heterocycles. The van der Waals surface area contributed by atoms with Crippen LogP contribution in [0, 0.1) is 0 Å². The van der Waals surface area contributed by atoms with Crippen molar-refractivity contribution in [1.29, 1.82) is 0 Å². The lowest BCUT2D eigenvalue weighted by Crippen LogP contribution is -2.41. The van der Waals surface area contributed by atoms with Gasteiger partial charge in [0.05, 0.1) is 19.6 Å². The number of methoxy groups -OCH3 is 1. The van der Waals surface area contributed by atoms with Gasteiger partial charge in [0.1, 0.15) is 0 Å². The molecule has 0 heterocycles. The summed E-state index contributed by atoms with van der Waals surface area (Å²) >= 11 is 8.59. The molecule has 0 spiro atoms. The number of carbonyl (C=O) groups is 2. The molecule has 25 heavy (non-hydrogen) atoms. The second kappa shape index (κ2) is 9.29. The van der Waals surface area contributed by atoms with E-state index in [2.05, 4.69) is 26.6 Å². The monoisotopic (exact) mass is 420 g/mol. The van der Waals surface area contributed by atoms with Gasteiger partial charge in [-0.25, -0.2) is 0 Å². The van der Waals surface area contributed by atoms with Crippen molar-refractivity contribution in [3.63, 3.8) is 0 Å². The first-order valence-corrected chi connectivity index (χ1v) is 8.69. The molecule has 130 valence electrons. The maximum Gasteiger partial charge on any atom is 0.307 e. The summed E-state index contributed by atoms with van der Waals surface area (Å²) < 4.78 is 5.66. The highest BCUT2D eigenvalue weighted by atomic mass is 79.9. The maximum absolute atomic E-state index is 12.2. The van der Waals surface area contributed by atoms with Crippen molar-refractivity contribution in [2.45, 2.75) is 12.5 Å². The number of ether oxygens (including phenoxy) is 1.